The van der Waals surface area contributed by atoms with E-state index in [9.17, 15) is 5.11 Å². The van der Waals surface area contributed by atoms with Gasteiger partial charge >= 0.3 is 0 Å². The predicted molar refractivity (Wildman–Crippen MR) is 244 cm³/mol. The molecule has 5 heteroatoms. The Kier molecular flexibility index (Phi) is 15.6. The molecule has 0 atom stereocenters. The number of aromatic hydroxyl groups is 1. The van der Waals surface area contributed by atoms with Crippen LogP contribution < -0.4 is 0 Å². The average molecular weight is 749 g/mol. The third kappa shape index (κ3) is 11.6. The van der Waals surface area contributed by atoms with E-state index in [1.165, 1.54) is 5.56 Å². The zero-order valence-electron chi connectivity index (χ0n) is 33.7. The van der Waals surface area contributed by atoms with E-state index in [-0.39, 0.29) is 5.75 Å². The summed E-state index contributed by atoms with van der Waals surface area (Å²) in [5.41, 5.74) is 12.3. The number of phenols is 1. The molecule has 286 valence electrons. The first-order chi connectivity index (χ1) is 27.9. The number of aryl methyl sites for hydroxylation is 1. The van der Waals surface area contributed by atoms with Gasteiger partial charge in [0.05, 0.1) is 17.9 Å². The van der Waals surface area contributed by atoms with E-state index >= 15 is 0 Å². The maximum Gasteiger partial charge on any atom is 0.160 e. The normalized spacial score (nSPS) is 12.5. The molecule has 0 saturated heterocycles. The Bertz CT molecular complexity index is 2300. The highest BCUT2D eigenvalue weighted by Crippen LogP contribution is 2.32. The number of phenolic OH excluding ortho intramolecular Hbond substituents is 1. The fraction of sp³-hybridized carbons (Fsp3) is 0.154. The van der Waals surface area contributed by atoms with Crippen molar-refractivity contribution in [3.8, 4) is 50.5 Å². The van der Waals surface area contributed by atoms with Gasteiger partial charge in [0.2, 0.25) is 0 Å². The van der Waals surface area contributed by atoms with Gasteiger partial charge in [-0.1, -0.05) is 147 Å². The van der Waals surface area contributed by atoms with Crippen LogP contribution in [-0.2, 0) is 6.54 Å². The molecule has 0 spiro atoms. The Morgan fingerprint density at radius 1 is 0.649 bits per heavy atom. The van der Waals surface area contributed by atoms with Crippen LogP contribution in [0.4, 0.5) is 0 Å². The molecule has 57 heavy (non-hydrogen) atoms. The summed E-state index contributed by atoms with van der Waals surface area (Å²) in [6.45, 7) is 14.4. The molecule has 0 unspecified atom stereocenters. The minimum absolute atomic E-state index is 0.231. The van der Waals surface area contributed by atoms with Crippen molar-refractivity contribution in [3.63, 3.8) is 0 Å². The van der Waals surface area contributed by atoms with Gasteiger partial charge in [0, 0.05) is 22.3 Å². The van der Waals surface area contributed by atoms with Gasteiger partial charge in [-0.05, 0) is 111 Å². The number of hydrogen-bond donors (Lipinski definition) is 1. The molecule has 0 amide bonds. The largest absolute Gasteiger partial charge is 0.508 e. The fourth-order valence-corrected chi connectivity index (χ4v) is 6.07. The molecule has 1 N–H and O–H groups in total. The summed E-state index contributed by atoms with van der Waals surface area (Å²) in [6.07, 6.45) is 12.3. The van der Waals surface area contributed by atoms with Crippen molar-refractivity contribution in [1.29, 1.82) is 0 Å². The van der Waals surface area contributed by atoms with E-state index in [1.807, 2.05) is 82.3 Å². The number of hydrogen-bond acceptors (Lipinski definition) is 3. The third-order valence-electron chi connectivity index (χ3n) is 9.21. The first kappa shape index (κ1) is 41.4. The molecular weight excluding hydrogens is 697 g/mol. The van der Waals surface area contributed by atoms with Crippen molar-refractivity contribution >= 4 is 18.4 Å². The highest BCUT2D eigenvalue weighted by Gasteiger charge is 2.12. The van der Waals surface area contributed by atoms with Crippen molar-refractivity contribution in [1.82, 2.24) is 4.98 Å². The summed E-state index contributed by atoms with van der Waals surface area (Å²) in [6, 6.07) is 47.0. The van der Waals surface area contributed by atoms with Crippen LogP contribution in [0.2, 0.25) is 0 Å². The quantitative estimate of drug-likeness (QED) is 0.0956. The lowest BCUT2D eigenvalue weighted by molar-refractivity contribution is 0.475. The van der Waals surface area contributed by atoms with Crippen molar-refractivity contribution in [2.45, 2.75) is 54.0 Å². The summed E-state index contributed by atoms with van der Waals surface area (Å²) in [4.78, 5) is 19.2. The van der Waals surface area contributed by atoms with Gasteiger partial charge in [0.15, 0.2) is 11.7 Å². The number of pyridine rings is 1. The number of benzene rings is 5. The zero-order valence-corrected chi connectivity index (χ0v) is 33.7. The molecule has 5 nitrogen and oxygen atoms in total. The minimum Gasteiger partial charge on any atom is -0.508 e. The topological polar surface area (TPSA) is 70.2 Å². The highest BCUT2D eigenvalue weighted by atomic mass is 16.3. The van der Waals surface area contributed by atoms with Gasteiger partial charge in [0.25, 0.3) is 0 Å². The molecule has 0 radical (unpaired) electrons. The van der Waals surface area contributed by atoms with Crippen LogP contribution in [0, 0.1) is 6.92 Å². The predicted octanol–water partition coefficient (Wildman–Crippen LogP) is 13.7. The van der Waals surface area contributed by atoms with Crippen LogP contribution in [0.5, 0.6) is 5.75 Å². The molecule has 1 heterocycles. The lowest BCUT2D eigenvalue weighted by Gasteiger charge is -2.12. The Labute approximate surface area is 339 Å². The maximum absolute atomic E-state index is 9.88. The maximum atomic E-state index is 9.88. The van der Waals surface area contributed by atoms with E-state index in [1.54, 1.807) is 12.1 Å². The second kappa shape index (κ2) is 21.4. The number of amidine groups is 2. The highest BCUT2D eigenvalue weighted by molar-refractivity contribution is 6.13. The van der Waals surface area contributed by atoms with Crippen LogP contribution >= 0.6 is 0 Å². The molecule has 5 aromatic carbocycles. The molecule has 6 aromatic rings. The second-order valence-corrected chi connectivity index (χ2v) is 13.2. The SMILES string of the molecule is C/C=C\C.C=NC(=NC(=NCc1cccc(-c2ccc(-c3cc(-c4ccc(C)cc4)cc(-c4ccc(O)cc4)n3)cc2)c1)c1ccccc1)C1=CCCC=C1.CC. The van der Waals surface area contributed by atoms with Gasteiger partial charge in [-0.25, -0.2) is 15.0 Å². The third-order valence-corrected chi connectivity index (χ3v) is 9.21. The fourth-order valence-electron chi connectivity index (χ4n) is 6.07. The van der Waals surface area contributed by atoms with Crippen molar-refractivity contribution in [3.05, 3.63) is 192 Å². The number of rotatable bonds is 8. The van der Waals surface area contributed by atoms with E-state index in [2.05, 4.69) is 122 Å². The first-order valence-electron chi connectivity index (χ1n) is 19.6. The Balaban J connectivity index is 0.000000973. The lowest BCUT2D eigenvalue weighted by Crippen LogP contribution is -2.06. The zero-order chi connectivity index (χ0) is 40.4. The molecule has 1 aliphatic carbocycles. The van der Waals surface area contributed by atoms with Crippen molar-refractivity contribution < 1.29 is 5.11 Å². The van der Waals surface area contributed by atoms with E-state index in [0.717, 1.165) is 74.3 Å². The molecule has 0 bridgehead atoms. The van der Waals surface area contributed by atoms with Crippen LogP contribution in [0.1, 0.15) is 57.2 Å². The Hall–Kier alpha value is -6.72. The van der Waals surface area contributed by atoms with Gasteiger partial charge in [-0.15, -0.1) is 0 Å². The van der Waals surface area contributed by atoms with Crippen LogP contribution in [0.3, 0.4) is 0 Å². The molecule has 7 rings (SSSR count). The molecule has 0 aliphatic heterocycles. The molecule has 0 saturated carbocycles. The van der Waals surface area contributed by atoms with Gasteiger partial charge in [-0.3, -0.25) is 4.99 Å². The van der Waals surface area contributed by atoms with E-state index in [0.29, 0.717) is 18.2 Å². The monoisotopic (exact) mass is 748 g/mol. The van der Waals surface area contributed by atoms with Crippen LogP contribution in [-0.4, -0.2) is 28.5 Å². The van der Waals surface area contributed by atoms with Crippen LogP contribution in [0.15, 0.2) is 190 Å². The van der Waals surface area contributed by atoms with Gasteiger partial charge in [0.1, 0.15) is 5.75 Å². The summed E-state index contributed by atoms with van der Waals surface area (Å²) in [5.74, 6) is 1.44. The van der Waals surface area contributed by atoms with Crippen molar-refractivity contribution in [2.75, 3.05) is 0 Å². The summed E-state index contributed by atoms with van der Waals surface area (Å²) in [7, 11) is 0. The number of allylic oxidation sites excluding steroid dienone is 4. The molecular formula is C52H52N4O. The summed E-state index contributed by atoms with van der Waals surface area (Å²) in [5, 5.41) is 9.88. The van der Waals surface area contributed by atoms with Crippen LogP contribution in [0.25, 0.3) is 44.8 Å². The first-order valence-corrected chi connectivity index (χ1v) is 19.6. The molecule has 1 aliphatic rings. The standard InChI is InChI=1S/C46H38N4O.C4H8.C2H6/c1-32-16-18-35(19-17-32)41-29-43(49-44(30-41)37-24-26-42(51)27-25-37)36-22-20-34(21-23-36)40-15-9-10-33(28-40)31-48-46(39-13-7-4-8-14-39)50-45(47-2)38-11-5-3-6-12-38;1-3-4-2;1-2/h4-5,7-30,51H,2-3,6,31H2,1H3;3-4H,1-2H3;1-2H3/b;4-3-;. The van der Waals surface area contributed by atoms with Gasteiger partial charge < -0.3 is 5.11 Å². The second-order valence-electron chi connectivity index (χ2n) is 13.2. The number of aromatic nitrogens is 1. The van der Waals surface area contributed by atoms with E-state index in [4.69, 9.17) is 15.0 Å². The van der Waals surface area contributed by atoms with Gasteiger partial charge in [-0.2, -0.15) is 0 Å². The Morgan fingerprint density at radius 2 is 1.25 bits per heavy atom. The average Bonchev–Trinajstić information content (AvgIpc) is 3.28. The smallest absolute Gasteiger partial charge is 0.160 e. The number of aliphatic imine (C=N–C) groups is 3. The van der Waals surface area contributed by atoms with E-state index < -0.39 is 0 Å². The summed E-state index contributed by atoms with van der Waals surface area (Å²) < 4.78 is 0. The molecule has 0 fully saturated rings. The summed E-state index contributed by atoms with van der Waals surface area (Å²) >= 11 is 0. The number of nitrogens with zero attached hydrogens (tertiary/aromatic N) is 4. The Morgan fingerprint density at radius 3 is 1.84 bits per heavy atom. The minimum atomic E-state index is 0.231. The van der Waals surface area contributed by atoms with Crippen molar-refractivity contribution in [2.24, 2.45) is 15.0 Å². The lowest BCUT2D eigenvalue weighted by atomic mass is 9.97. The molecule has 1 aromatic heterocycles.